The number of anilines is 2. The molecule has 4 N–H and O–H groups in total. The smallest absolute Gasteiger partial charge is 0.0825 e. The van der Waals surface area contributed by atoms with Gasteiger partial charge >= 0.3 is 0 Å². The number of aryl methyl sites for hydroxylation is 2. The second-order valence-electron chi connectivity index (χ2n) is 3.46. The molecule has 2 aromatic rings. The van der Waals surface area contributed by atoms with Crippen molar-refractivity contribution in [2.75, 3.05) is 11.1 Å². The molecule has 0 unspecified atom stereocenters. The number of thiophene rings is 1. The van der Waals surface area contributed by atoms with Crippen molar-refractivity contribution >= 4 is 22.7 Å². The Balaban J connectivity index is 2.08. The van der Waals surface area contributed by atoms with Gasteiger partial charge in [0.25, 0.3) is 0 Å². The molecule has 0 radical (unpaired) electrons. The Morgan fingerprint density at radius 3 is 2.87 bits per heavy atom. The van der Waals surface area contributed by atoms with E-state index in [1.807, 2.05) is 25.3 Å². The lowest BCUT2D eigenvalue weighted by Crippen LogP contribution is -2.01. The summed E-state index contributed by atoms with van der Waals surface area (Å²) in [7, 11) is 0. The highest BCUT2D eigenvalue weighted by Crippen LogP contribution is 2.22. The molecule has 0 fully saturated rings. The van der Waals surface area contributed by atoms with Crippen LogP contribution in [0.25, 0.3) is 0 Å². The largest absolute Gasteiger partial charge is 0.398 e. The fraction of sp³-hybridized carbons (Fsp3) is 0.300. The maximum atomic E-state index is 5.80. The topological polar surface area (TPSA) is 66.7 Å². The first-order chi connectivity index (χ1) is 7.18. The number of nitrogens with zero attached hydrogens (tertiary/aromatic N) is 1. The molecule has 4 nitrogen and oxygen atoms in total. The number of aromatic nitrogens is 2. The molecule has 0 atom stereocenters. The van der Waals surface area contributed by atoms with E-state index in [0.717, 1.165) is 34.2 Å². The number of rotatable bonds is 3. The molecule has 0 aliphatic rings. The molecule has 0 aromatic carbocycles. The quantitative estimate of drug-likeness (QED) is 0.746. The predicted octanol–water partition coefficient (Wildman–Crippen LogP) is 2.28. The summed E-state index contributed by atoms with van der Waals surface area (Å²) in [4.78, 5) is 1.16. The third kappa shape index (κ3) is 1.97. The number of hydrogen-bond acceptors (Lipinski definition) is 4. The second-order valence-corrected chi connectivity index (χ2v) is 4.46. The van der Waals surface area contributed by atoms with E-state index in [0.29, 0.717) is 0 Å². The summed E-state index contributed by atoms with van der Waals surface area (Å²) in [6, 6.07) is 1.93. The molecule has 0 spiro atoms. The van der Waals surface area contributed by atoms with Gasteiger partial charge in [-0.1, -0.05) is 0 Å². The Labute approximate surface area is 92.5 Å². The van der Waals surface area contributed by atoms with E-state index in [1.165, 1.54) is 0 Å². The molecule has 5 heteroatoms. The number of H-pyrrole nitrogens is 1. The molecule has 2 rings (SSSR count). The molecular weight excluding hydrogens is 208 g/mol. The molecule has 0 saturated heterocycles. The van der Waals surface area contributed by atoms with Crippen molar-refractivity contribution in [1.29, 1.82) is 0 Å². The minimum Gasteiger partial charge on any atom is -0.398 e. The summed E-state index contributed by atoms with van der Waals surface area (Å²) < 4.78 is 0. The molecule has 2 aromatic heterocycles. The van der Waals surface area contributed by atoms with Crippen LogP contribution in [0.3, 0.4) is 0 Å². The van der Waals surface area contributed by atoms with Gasteiger partial charge in [-0.3, -0.25) is 5.10 Å². The van der Waals surface area contributed by atoms with Crippen molar-refractivity contribution < 1.29 is 0 Å². The van der Waals surface area contributed by atoms with E-state index in [4.69, 9.17) is 5.73 Å². The standard InChI is InChI=1S/C10H14N4S/c1-6-10(7(2)14-13-6)12-5-9-8(11)3-4-15-9/h3-4,12H,5,11H2,1-2H3,(H,13,14). The molecule has 0 bridgehead atoms. The molecule has 0 aliphatic heterocycles. The van der Waals surface area contributed by atoms with Gasteiger partial charge in [-0.05, 0) is 25.3 Å². The zero-order chi connectivity index (χ0) is 10.8. The first kappa shape index (κ1) is 10.0. The summed E-state index contributed by atoms with van der Waals surface area (Å²) in [5, 5.41) is 12.4. The van der Waals surface area contributed by atoms with Gasteiger partial charge in [0, 0.05) is 10.6 Å². The van der Waals surface area contributed by atoms with Crippen LogP contribution in [0, 0.1) is 13.8 Å². The highest BCUT2D eigenvalue weighted by Gasteiger charge is 2.06. The van der Waals surface area contributed by atoms with Gasteiger partial charge in [-0.25, -0.2) is 0 Å². The third-order valence-corrected chi connectivity index (χ3v) is 3.27. The van der Waals surface area contributed by atoms with Gasteiger partial charge in [0.05, 0.1) is 23.6 Å². The van der Waals surface area contributed by atoms with E-state index in [2.05, 4.69) is 15.5 Å². The first-order valence-electron chi connectivity index (χ1n) is 4.75. The third-order valence-electron chi connectivity index (χ3n) is 2.33. The maximum absolute atomic E-state index is 5.80. The number of hydrogen-bond donors (Lipinski definition) is 3. The number of aromatic amines is 1. The lowest BCUT2D eigenvalue weighted by molar-refractivity contribution is 1.02. The Bertz CT molecular complexity index is 438. The first-order valence-corrected chi connectivity index (χ1v) is 5.63. The van der Waals surface area contributed by atoms with Crippen LogP contribution < -0.4 is 11.1 Å². The average molecular weight is 222 g/mol. The van der Waals surface area contributed by atoms with Crippen LogP contribution in [0.15, 0.2) is 11.4 Å². The van der Waals surface area contributed by atoms with E-state index >= 15 is 0 Å². The van der Waals surface area contributed by atoms with Crippen LogP contribution >= 0.6 is 11.3 Å². The van der Waals surface area contributed by atoms with E-state index in [1.54, 1.807) is 11.3 Å². The molecule has 15 heavy (non-hydrogen) atoms. The van der Waals surface area contributed by atoms with Gasteiger partial charge in [-0.15, -0.1) is 11.3 Å². The highest BCUT2D eigenvalue weighted by atomic mass is 32.1. The Morgan fingerprint density at radius 2 is 2.33 bits per heavy atom. The fourth-order valence-corrected chi connectivity index (χ4v) is 2.21. The van der Waals surface area contributed by atoms with Crippen LogP contribution in [0.4, 0.5) is 11.4 Å². The van der Waals surface area contributed by atoms with Crippen molar-refractivity contribution in [2.45, 2.75) is 20.4 Å². The lowest BCUT2D eigenvalue weighted by atomic mass is 10.3. The zero-order valence-electron chi connectivity index (χ0n) is 8.79. The normalized spacial score (nSPS) is 10.5. The Morgan fingerprint density at radius 1 is 1.53 bits per heavy atom. The van der Waals surface area contributed by atoms with E-state index in [9.17, 15) is 0 Å². The summed E-state index contributed by atoms with van der Waals surface area (Å²) in [5.74, 6) is 0. The number of nitrogens with two attached hydrogens (primary N) is 1. The molecule has 80 valence electrons. The molecule has 0 saturated carbocycles. The minimum atomic E-state index is 0.755. The SMILES string of the molecule is Cc1n[nH]c(C)c1NCc1sccc1N. The van der Waals surface area contributed by atoms with Crippen molar-refractivity contribution in [3.63, 3.8) is 0 Å². The summed E-state index contributed by atoms with van der Waals surface area (Å²) in [6.45, 7) is 4.73. The monoisotopic (exact) mass is 222 g/mol. The average Bonchev–Trinajstić information content (AvgIpc) is 2.73. The lowest BCUT2D eigenvalue weighted by Gasteiger charge is -2.05. The van der Waals surface area contributed by atoms with Gasteiger partial charge in [0.15, 0.2) is 0 Å². The van der Waals surface area contributed by atoms with E-state index in [-0.39, 0.29) is 0 Å². The molecule has 2 heterocycles. The van der Waals surface area contributed by atoms with Crippen molar-refractivity contribution in [3.8, 4) is 0 Å². The Hall–Kier alpha value is -1.49. The van der Waals surface area contributed by atoms with Crippen LogP contribution in [0.1, 0.15) is 16.3 Å². The Kier molecular flexibility index (Phi) is 2.64. The van der Waals surface area contributed by atoms with Crippen LogP contribution in [0.5, 0.6) is 0 Å². The van der Waals surface area contributed by atoms with Gasteiger partial charge in [0.2, 0.25) is 0 Å². The zero-order valence-corrected chi connectivity index (χ0v) is 9.61. The van der Waals surface area contributed by atoms with Crippen LogP contribution in [0.2, 0.25) is 0 Å². The summed E-state index contributed by atoms with van der Waals surface area (Å²) >= 11 is 1.66. The molecular formula is C10H14N4S. The summed E-state index contributed by atoms with van der Waals surface area (Å²) in [5.41, 5.74) is 9.77. The second kappa shape index (κ2) is 3.94. The van der Waals surface area contributed by atoms with Crippen molar-refractivity contribution in [3.05, 3.63) is 27.7 Å². The van der Waals surface area contributed by atoms with Crippen LogP contribution in [-0.4, -0.2) is 10.2 Å². The number of nitrogens with one attached hydrogen (secondary N) is 2. The molecule has 0 aliphatic carbocycles. The summed E-state index contributed by atoms with van der Waals surface area (Å²) in [6.07, 6.45) is 0. The maximum Gasteiger partial charge on any atom is 0.0825 e. The highest BCUT2D eigenvalue weighted by molar-refractivity contribution is 7.10. The fourth-order valence-electron chi connectivity index (χ4n) is 1.47. The minimum absolute atomic E-state index is 0.755. The van der Waals surface area contributed by atoms with Crippen molar-refractivity contribution in [1.82, 2.24) is 10.2 Å². The van der Waals surface area contributed by atoms with E-state index < -0.39 is 0 Å². The van der Waals surface area contributed by atoms with Gasteiger partial charge in [0.1, 0.15) is 0 Å². The van der Waals surface area contributed by atoms with Crippen LogP contribution in [-0.2, 0) is 6.54 Å². The van der Waals surface area contributed by atoms with Gasteiger partial charge < -0.3 is 11.1 Å². The molecule has 0 amide bonds. The van der Waals surface area contributed by atoms with Crippen molar-refractivity contribution in [2.24, 2.45) is 0 Å². The predicted molar refractivity (Wildman–Crippen MR) is 64.1 cm³/mol. The number of nitrogen functional groups attached to an aromatic ring is 1. The van der Waals surface area contributed by atoms with Gasteiger partial charge in [-0.2, -0.15) is 5.10 Å².